The highest BCUT2D eigenvalue weighted by atomic mass is 19.4. The number of alkyl halides is 3. The summed E-state index contributed by atoms with van der Waals surface area (Å²) in [6, 6.07) is -0.0121. The number of piperidine rings is 2. The van der Waals surface area contributed by atoms with Crippen molar-refractivity contribution in [2.75, 3.05) is 32.8 Å². The molecule has 0 radical (unpaired) electrons. The number of hydrogen-bond acceptors (Lipinski definition) is 4. The molecule has 0 spiro atoms. The van der Waals surface area contributed by atoms with Crippen LogP contribution in [0.15, 0.2) is 12.5 Å². The first-order chi connectivity index (χ1) is 13.8. The van der Waals surface area contributed by atoms with Crippen LogP contribution < -0.4 is 0 Å². The molecule has 3 fully saturated rings. The van der Waals surface area contributed by atoms with E-state index in [0.717, 1.165) is 25.5 Å². The Hall–Kier alpha value is -2.10. The van der Waals surface area contributed by atoms with Gasteiger partial charge in [-0.25, -0.2) is 9.78 Å². The number of carbonyl (C=O) groups is 2. The third kappa shape index (κ3) is 4.57. The number of imidazole rings is 1. The molecule has 2 atom stereocenters. The summed E-state index contributed by atoms with van der Waals surface area (Å²) in [5.74, 6) is 0.384. The van der Waals surface area contributed by atoms with Gasteiger partial charge in [-0.1, -0.05) is 0 Å². The number of amides is 2. The van der Waals surface area contributed by atoms with Crippen molar-refractivity contribution in [2.45, 2.75) is 44.5 Å². The van der Waals surface area contributed by atoms with Crippen LogP contribution in [-0.4, -0.2) is 70.1 Å². The van der Waals surface area contributed by atoms with Crippen LogP contribution in [0, 0.1) is 11.8 Å². The van der Waals surface area contributed by atoms with Gasteiger partial charge in [0.15, 0.2) is 11.5 Å². The van der Waals surface area contributed by atoms with Crippen molar-refractivity contribution in [1.82, 2.24) is 19.4 Å². The standard InChI is InChI=1S/C19H25F3N4O3/c20-19(21,22)17-10-24(12-23-17)8-13-1-4-25(5-2-13)18(28)26-6-3-16-14(9-26)7-15(27)11-29-16/h10,12-14,16H,1-9,11H2/t14-,16+/m1/s1. The Bertz CT molecular complexity index is 758. The third-order valence-electron chi connectivity index (χ3n) is 6.16. The molecule has 29 heavy (non-hydrogen) atoms. The van der Waals surface area contributed by atoms with Gasteiger partial charge in [0, 0.05) is 51.3 Å². The number of likely N-dealkylation sites (tertiary alicyclic amines) is 2. The lowest BCUT2D eigenvalue weighted by Gasteiger charge is -2.43. The molecule has 0 bridgehead atoms. The first kappa shape index (κ1) is 20.2. The third-order valence-corrected chi connectivity index (χ3v) is 6.16. The van der Waals surface area contributed by atoms with E-state index in [0.29, 0.717) is 39.1 Å². The Morgan fingerprint density at radius 3 is 2.59 bits per heavy atom. The molecule has 0 saturated carbocycles. The van der Waals surface area contributed by atoms with E-state index >= 15 is 0 Å². The molecule has 1 aromatic rings. The lowest BCUT2D eigenvalue weighted by Crippen LogP contribution is -2.54. The van der Waals surface area contributed by atoms with Gasteiger partial charge < -0.3 is 19.1 Å². The van der Waals surface area contributed by atoms with Gasteiger partial charge in [0.1, 0.15) is 6.61 Å². The molecule has 4 rings (SSSR count). The van der Waals surface area contributed by atoms with Crippen molar-refractivity contribution in [1.29, 1.82) is 0 Å². The maximum absolute atomic E-state index is 12.9. The average molecular weight is 414 g/mol. The van der Waals surface area contributed by atoms with Gasteiger partial charge in [-0.15, -0.1) is 0 Å². The van der Waals surface area contributed by atoms with Crippen LogP contribution in [0.3, 0.4) is 0 Å². The van der Waals surface area contributed by atoms with Gasteiger partial charge >= 0.3 is 12.2 Å². The Kier molecular flexibility index (Phi) is 5.54. The number of fused-ring (bicyclic) bond motifs is 1. The lowest BCUT2D eigenvalue weighted by atomic mass is 9.88. The molecule has 3 aliphatic heterocycles. The largest absolute Gasteiger partial charge is 0.434 e. The number of carbonyl (C=O) groups excluding carboxylic acids is 2. The first-order valence-corrected chi connectivity index (χ1v) is 10.1. The monoisotopic (exact) mass is 414 g/mol. The second-order valence-electron chi connectivity index (χ2n) is 8.25. The number of urea groups is 1. The van der Waals surface area contributed by atoms with E-state index in [2.05, 4.69) is 4.98 Å². The maximum atomic E-state index is 12.9. The number of Topliss-reactive ketones (excluding diaryl/α,β-unsaturated/α-hetero) is 1. The predicted octanol–water partition coefficient (Wildman–Crippen LogP) is 2.41. The highest BCUT2D eigenvalue weighted by Gasteiger charge is 2.38. The lowest BCUT2D eigenvalue weighted by molar-refractivity contribution is -0.141. The second-order valence-corrected chi connectivity index (χ2v) is 8.25. The number of ketones is 1. The first-order valence-electron chi connectivity index (χ1n) is 10.1. The van der Waals surface area contributed by atoms with Crippen molar-refractivity contribution >= 4 is 11.8 Å². The Balaban J connectivity index is 1.26. The van der Waals surface area contributed by atoms with Crippen LogP contribution in [0.1, 0.15) is 31.4 Å². The fraction of sp³-hybridized carbons (Fsp3) is 0.737. The average Bonchev–Trinajstić information content (AvgIpc) is 3.16. The van der Waals surface area contributed by atoms with Crippen LogP contribution in [-0.2, 0) is 22.3 Å². The van der Waals surface area contributed by atoms with Crippen molar-refractivity contribution < 1.29 is 27.5 Å². The summed E-state index contributed by atoms with van der Waals surface area (Å²) in [6.45, 7) is 3.00. The molecule has 10 heteroatoms. The molecule has 0 unspecified atom stereocenters. The van der Waals surface area contributed by atoms with Gasteiger partial charge in [0.25, 0.3) is 0 Å². The topological polar surface area (TPSA) is 67.7 Å². The summed E-state index contributed by atoms with van der Waals surface area (Å²) >= 11 is 0. The quantitative estimate of drug-likeness (QED) is 0.746. The van der Waals surface area contributed by atoms with Crippen LogP contribution >= 0.6 is 0 Å². The van der Waals surface area contributed by atoms with Crippen LogP contribution in [0.5, 0.6) is 0 Å². The number of rotatable bonds is 2. The normalized spacial score (nSPS) is 26.5. The van der Waals surface area contributed by atoms with Crippen LogP contribution in [0.25, 0.3) is 0 Å². The minimum absolute atomic E-state index is 0.0121. The van der Waals surface area contributed by atoms with Crippen LogP contribution in [0.4, 0.5) is 18.0 Å². The molecule has 1 aromatic heterocycles. The second kappa shape index (κ2) is 7.97. The minimum Gasteiger partial charge on any atom is -0.370 e. The van der Waals surface area contributed by atoms with E-state index in [1.54, 1.807) is 0 Å². The van der Waals surface area contributed by atoms with Gasteiger partial charge in [0.2, 0.25) is 0 Å². The zero-order chi connectivity index (χ0) is 20.6. The molecule has 4 heterocycles. The molecule has 0 aliphatic carbocycles. The minimum atomic E-state index is -4.43. The zero-order valence-electron chi connectivity index (χ0n) is 16.1. The van der Waals surface area contributed by atoms with Gasteiger partial charge in [-0.05, 0) is 25.2 Å². The molecular weight excluding hydrogens is 389 g/mol. The summed E-state index contributed by atoms with van der Waals surface area (Å²) in [6.07, 6.45) is 0.609. The Morgan fingerprint density at radius 2 is 1.90 bits per heavy atom. The fourth-order valence-electron chi connectivity index (χ4n) is 4.56. The molecule has 3 saturated heterocycles. The molecular formula is C19H25F3N4O3. The number of nitrogens with zero attached hydrogens (tertiary/aromatic N) is 4. The number of ether oxygens (including phenoxy) is 1. The predicted molar refractivity (Wildman–Crippen MR) is 96.0 cm³/mol. The van der Waals surface area contributed by atoms with Crippen molar-refractivity contribution in [3.8, 4) is 0 Å². The Morgan fingerprint density at radius 1 is 1.17 bits per heavy atom. The number of aromatic nitrogens is 2. The van der Waals surface area contributed by atoms with Crippen molar-refractivity contribution in [3.63, 3.8) is 0 Å². The van der Waals surface area contributed by atoms with Crippen molar-refractivity contribution in [2.24, 2.45) is 11.8 Å². The van der Waals surface area contributed by atoms with E-state index in [-0.39, 0.29) is 36.4 Å². The Labute approximate surface area is 166 Å². The molecule has 3 aliphatic rings. The highest BCUT2D eigenvalue weighted by molar-refractivity contribution is 5.81. The number of hydrogen-bond donors (Lipinski definition) is 0. The van der Waals surface area contributed by atoms with E-state index in [1.807, 2.05) is 9.80 Å². The molecule has 160 valence electrons. The van der Waals surface area contributed by atoms with E-state index < -0.39 is 11.9 Å². The van der Waals surface area contributed by atoms with Crippen molar-refractivity contribution in [3.05, 3.63) is 18.2 Å². The van der Waals surface area contributed by atoms with E-state index in [9.17, 15) is 22.8 Å². The van der Waals surface area contributed by atoms with Gasteiger partial charge in [-0.3, -0.25) is 4.79 Å². The highest BCUT2D eigenvalue weighted by Crippen LogP contribution is 2.30. The number of halogens is 3. The SMILES string of the molecule is O=C1CO[C@H]2CCN(C(=O)N3CCC(Cn4cnc(C(F)(F)F)c4)CC3)C[C@H]2C1. The van der Waals surface area contributed by atoms with E-state index in [1.165, 1.54) is 10.9 Å². The van der Waals surface area contributed by atoms with E-state index in [4.69, 9.17) is 4.74 Å². The summed E-state index contributed by atoms with van der Waals surface area (Å²) in [5, 5.41) is 0. The zero-order valence-corrected chi connectivity index (χ0v) is 16.1. The van der Waals surface area contributed by atoms with Crippen LogP contribution in [0.2, 0.25) is 0 Å². The van der Waals surface area contributed by atoms with Gasteiger partial charge in [-0.2, -0.15) is 13.2 Å². The maximum Gasteiger partial charge on any atom is 0.434 e. The summed E-state index contributed by atoms with van der Waals surface area (Å²) < 4.78 is 45.1. The van der Waals surface area contributed by atoms with Gasteiger partial charge in [0.05, 0.1) is 12.4 Å². The fourth-order valence-corrected chi connectivity index (χ4v) is 4.56. The molecule has 0 aromatic carbocycles. The molecule has 0 N–H and O–H groups in total. The molecule has 2 amide bonds. The summed E-state index contributed by atoms with van der Waals surface area (Å²) in [4.78, 5) is 31.6. The molecule has 7 nitrogen and oxygen atoms in total. The summed E-state index contributed by atoms with van der Waals surface area (Å²) in [7, 11) is 0. The smallest absolute Gasteiger partial charge is 0.370 e. The summed E-state index contributed by atoms with van der Waals surface area (Å²) in [5.41, 5.74) is -0.876.